The van der Waals surface area contributed by atoms with Gasteiger partial charge in [-0.2, -0.15) is 8.78 Å². The molecule has 17 heavy (non-hydrogen) atoms. The maximum absolute atomic E-state index is 13.7. The lowest BCUT2D eigenvalue weighted by atomic mass is 10.1. The lowest BCUT2D eigenvalue weighted by molar-refractivity contribution is 0.0133. The molecule has 0 radical (unpaired) electrons. The predicted molar refractivity (Wildman–Crippen MR) is 76.1 cm³/mol. The molecule has 0 spiro atoms. The molecule has 1 nitrogen and oxygen atoms in total. The van der Waals surface area contributed by atoms with Crippen LogP contribution in [0.1, 0.15) is 25.5 Å². The summed E-state index contributed by atoms with van der Waals surface area (Å²) in [6.07, 6.45) is 0. The van der Waals surface area contributed by atoms with Gasteiger partial charge in [0.25, 0.3) is 0 Å². The fourth-order valence-electron chi connectivity index (χ4n) is 1.84. The average Bonchev–Trinajstić information content (AvgIpc) is 2.26. The van der Waals surface area contributed by atoms with Crippen LogP contribution >= 0.6 is 34.2 Å². The highest BCUT2D eigenvalue weighted by Gasteiger charge is 2.40. The molecular formula is C12H15ClF2IN. The third kappa shape index (κ3) is 4.03. The lowest BCUT2D eigenvalue weighted by Gasteiger charge is -2.33. The predicted octanol–water partition coefficient (Wildman–Crippen LogP) is 4.75. The summed E-state index contributed by atoms with van der Waals surface area (Å²) in [5.41, 5.74) is 0.595. The number of hydrogen-bond donors (Lipinski definition) is 0. The Balaban J connectivity index is 3.10. The van der Waals surface area contributed by atoms with Crippen LogP contribution in [0, 0.1) is 0 Å². The number of alkyl halides is 3. The molecule has 1 atom stereocenters. The third-order valence-corrected chi connectivity index (χ3v) is 3.52. The number of halogens is 4. The second kappa shape index (κ2) is 6.29. The van der Waals surface area contributed by atoms with Gasteiger partial charge in [0.1, 0.15) is 6.04 Å². The Morgan fingerprint density at radius 1 is 1.24 bits per heavy atom. The van der Waals surface area contributed by atoms with Crippen LogP contribution < -0.4 is 0 Å². The van der Waals surface area contributed by atoms with Crippen LogP contribution in [0.4, 0.5) is 8.78 Å². The van der Waals surface area contributed by atoms with Crippen molar-refractivity contribution in [1.29, 1.82) is 0 Å². The number of hydrogen-bond acceptors (Lipinski definition) is 1. The zero-order valence-corrected chi connectivity index (χ0v) is 12.7. The van der Waals surface area contributed by atoms with Crippen LogP contribution in [0.5, 0.6) is 0 Å². The molecule has 0 saturated carbocycles. The van der Waals surface area contributed by atoms with Crippen molar-refractivity contribution in [3.8, 4) is 0 Å². The van der Waals surface area contributed by atoms with Crippen LogP contribution in [-0.4, -0.2) is 21.9 Å². The number of nitrogens with zero attached hydrogens (tertiary/aromatic N) is 1. The van der Waals surface area contributed by atoms with E-state index in [0.29, 0.717) is 23.7 Å². The van der Waals surface area contributed by atoms with E-state index in [1.807, 2.05) is 13.8 Å². The summed E-state index contributed by atoms with van der Waals surface area (Å²) >= 11 is 6.98. The van der Waals surface area contributed by atoms with E-state index in [1.165, 1.54) is 22.6 Å². The minimum atomic E-state index is -2.81. The van der Waals surface area contributed by atoms with Gasteiger partial charge in [0.05, 0.1) is 0 Å². The molecule has 0 heterocycles. The van der Waals surface area contributed by atoms with Gasteiger partial charge in [0.2, 0.25) is 0 Å². The van der Waals surface area contributed by atoms with Crippen molar-refractivity contribution < 1.29 is 8.78 Å². The van der Waals surface area contributed by atoms with Gasteiger partial charge in [0, 0.05) is 27.6 Å². The van der Waals surface area contributed by atoms with Crippen molar-refractivity contribution in [2.75, 3.05) is 13.1 Å². The zero-order valence-electron chi connectivity index (χ0n) is 9.76. The second-order valence-electron chi connectivity index (χ2n) is 3.72. The Kier molecular flexibility index (Phi) is 5.60. The standard InChI is InChI=1S/C12H15ClF2IN/c1-3-17(4-2)11(12(14,15)16)9-5-7-10(13)8-6-9/h5-8,11H,3-4H2,1-2H3. The Bertz CT molecular complexity index is 347. The van der Waals surface area contributed by atoms with Gasteiger partial charge in [0.15, 0.2) is 0 Å². The Morgan fingerprint density at radius 3 is 2.06 bits per heavy atom. The summed E-state index contributed by atoms with van der Waals surface area (Å²) < 4.78 is 24.6. The Hall–Kier alpha value is 0.0600. The van der Waals surface area contributed by atoms with Crippen LogP contribution in [-0.2, 0) is 0 Å². The largest absolute Gasteiger partial charge is 0.315 e. The first-order valence-corrected chi connectivity index (χ1v) is 6.92. The minimum Gasteiger partial charge on any atom is -0.291 e. The van der Waals surface area contributed by atoms with E-state index in [0.717, 1.165) is 0 Å². The first kappa shape index (κ1) is 15.1. The Morgan fingerprint density at radius 2 is 1.71 bits per heavy atom. The van der Waals surface area contributed by atoms with Crippen LogP contribution in [0.15, 0.2) is 24.3 Å². The maximum atomic E-state index is 13.7. The molecule has 1 rings (SSSR count). The quantitative estimate of drug-likeness (QED) is 0.532. The first-order valence-electron chi connectivity index (χ1n) is 5.46. The highest BCUT2D eigenvalue weighted by atomic mass is 127. The highest BCUT2D eigenvalue weighted by molar-refractivity contribution is 14.1. The molecule has 0 bridgehead atoms. The van der Waals surface area contributed by atoms with E-state index in [2.05, 4.69) is 0 Å². The Labute approximate surface area is 119 Å². The van der Waals surface area contributed by atoms with Crippen LogP contribution in [0.3, 0.4) is 0 Å². The zero-order chi connectivity index (χ0) is 13.1. The van der Waals surface area contributed by atoms with Gasteiger partial charge < -0.3 is 0 Å². The molecule has 0 fully saturated rings. The van der Waals surface area contributed by atoms with E-state index in [9.17, 15) is 8.78 Å². The summed E-state index contributed by atoms with van der Waals surface area (Å²) in [6, 6.07) is 5.72. The van der Waals surface area contributed by atoms with Crippen LogP contribution in [0.25, 0.3) is 0 Å². The van der Waals surface area contributed by atoms with Gasteiger partial charge in [-0.3, -0.25) is 4.90 Å². The summed E-state index contributed by atoms with van der Waals surface area (Å²) in [6.45, 7) is 4.94. The van der Waals surface area contributed by atoms with Crippen molar-refractivity contribution >= 4 is 34.2 Å². The van der Waals surface area contributed by atoms with E-state index < -0.39 is 9.97 Å². The van der Waals surface area contributed by atoms with Gasteiger partial charge in [-0.1, -0.05) is 37.6 Å². The van der Waals surface area contributed by atoms with E-state index >= 15 is 0 Å². The number of rotatable bonds is 5. The minimum absolute atomic E-state index is 0.559. The first-order chi connectivity index (χ1) is 7.90. The van der Waals surface area contributed by atoms with Crippen molar-refractivity contribution in [2.45, 2.75) is 23.8 Å². The topological polar surface area (TPSA) is 3.24 Å². The molecule has 0 aliphatic carbocycles. The highest BCUT2D eigenvalue weighted by Crippen LogP contribution is 2.41. The van der Waals surface area contributed by atoms with E-state index in [1.54, 1.807) is 29.2 Å². The molecule has 96 valence electrons. The van der Waals surface area contributed by atoms with Gasteiger partial charge >= 0.3 is 3.93 Å². The van der Waals surface area contributed by atoms with Gasteiger partial charge in [-0.15, -0.1) is 0 Å². The van der Waals surface area contributed by atoms with Gasteiger partial charge in [-0.25, -0.2) is 0 Å². The smallest absolute Gasteiger partial charge is 0.291 e. The summed E-state index contributed by atoms with van der Waals surface area (Å²) in [5.74, 6) is 0. The summed E-state index contributed by atoms with van der Waals surface area (Å²) in [7, 11) is 0. The van der Waals surface area contributed by atoms with E-state index in [4.69, 9.17) is 11.6 Å². The fraction of sp³-hybridized carbons (Fsp3) is 0.500. The molecule has 0 aliphatic heterocycles. The molecule has 5 heteroatoms. The summed E-state index contributed by atoms with van der Waals surface area (Å²) in [5, 5.41) is 0.559. The molecule has 0 amide bonds. The molecule has 1 aromatic rings. The van der Waals surface area contributed by atoms with Crippen molar-refractivity contribution in [3.63, 3.8) is 0 Å². The molecule has 0 aromatic heterocycles. The van der Waals surface area contributed by atoms with E-state index in [-0.39, 0.29) is 0 Å². The summed E-state index contributed by atoms with van der Waals surface area (Å²) in [4.78, 5) is 1.75. The normalized spacial score (nSPS) is 14.1. The molecule has 1 aromatic carbocycles. The van der Waals surface area contributed by atoms with Crippen LogP contribution in [0.2, 0.25) is 5.02 Å². The van der Waals surface area contributed by atoms with Crippen molar-refractivity contribution in [2.24, 2.45) is 0 Å². The molecular weight excluding hydrogens is 358 g/mol. The third-order valence-electron chi connectivity index (χ3n) is 2.67. The number of benzene rings is 1. The second-order valence-corrected chi connectivity index (χ2v) is 5.59. The molecule has 1 unspecified atom stereocenters. The van der Waals surface area contributed by atoms with Crippen molar-refractivity contribution in [1.82, 2.24) is 4.90 Å². The molecule has 0 N–H and O–H groups in total. The van der Waals surface area contributed by atoms with Crippen molar-refractivity contribution in [3.05, 3.63) is 34.9 Å². The molecule has 0 aliphatic rings. The maximum Gasteiger partial charge on any atom is 0.315 e. The van der Waals surface area contributed by atoms with Gasteiger partial charge in [-0.05, 0) is 30.8 Å². The average molecular weight is 374 g/mol. The lowest BCUT2D eigenvalue weighted by Crippen LogP contribution is -2.37. The molecule has 0 saturated heterocycles. The SMILES string of the molecule is CCN(CC)C(c1ccc(Cl)cc1)C(F)(F)I. The fourth-order valence-corrected chi connectivity index (χ4v) is 2.72. The monoisotopic (exact) mass is 373 g/mol.